The molecule has 0 bridgehead atoms. The normalized spacial score (nSPS) is 13.2. The highest BCUT2D eigenvalue weighted by molar-refractivity contribution is 9.10. The maximum absolute atomic E-state index is 12.4. The zero-order chi connectivity index (χ0) is 18.3. The molecule has 25 heavy (non-hydrogen) atoms. The molecule has 1 N–H and O–H groups in total. The van der Waals surface area contributed by atoms with Gasteiger partial charge >= 0.3 is 0 Å². The number of hydrogen-bond acceptors (Lipinski definition) is 3. The molecule has 0 saturated heterocycles. The first kappa shape index (κ1) is 17.9. The summed E-state index contributed by atoms with van der Waals surface area (Å²) >= 11 is 15.1. The second-order valence-electron chi connectivity index (χ2n) is 5.52. The van der Waals surface area contributed by atoms with Crippen molar-refractivity contribution in [2.45, 2.75) is 6.92 Å². The third-order valence-electron chi connectivity index (χ3n) is 3.78. The minimum absolute atomic E-state index is 0.145. The molecule has 5 nitrogen and oxygen atoms in total. The summed E-state index contributed by atoms with van der Waals surface area (Å²) in [6, 6.07) is 8.06. The van der Waals surface area contributed by atoms with Crippen LogP contribution in [0.1, 0.15) is 26.3 Å². The average Bonchev–Trinajstić information content (AvgIpc) is 2.76. The highest BCUT2D eigenvalue weighted by Gasteiger charge is 2.37. The number of fused-ring (bicyclic) bond motifs is 1. The Hall–Kier alpha value is -1.89. The number of carbonyl (C=O) groups excluding carboxylic acids is 3. The summed E-state index contributed by atoms with van der Waals surface area (Å²) in [4.78, 5) is 37.9. The first-order valence-corrected chi connectivity index (χ1v) is 8.74. The molecular weight excluding hydrogens is 431 g/mol. The van der Waals surface area contributed by atoms with E-state index < -0.39 is 24.3 Å². The maximum Gasteiger partial charge on any atom is 0.262 e. The maximum atomic E-state index is 12.4. The van der Waals surface area contributed by atoms with Crippen molar-refractivity contribution in [2.24, 2.45) is 0 Å². The van der Waals surface area contributed by atoms with Gasteiger partial charge in [0.05, 0.1) is 21.2 Å². The lowest BCUT2D eigenvalue weighted by atomic mass is 10.1. The molecule has 0 aliphatic carbocycles. The number of nitrogens with one attached hydrogen (secondary N) is 1. The molecule has 128 valence electrons. The van der Waals surface area contributed by atoms with Gasteiger partial charge in [0.1, 0.15) is 6.54 Å². The van der Waals surface area contributed by atoms with Crippen LogP contribution in [0, 0.1) is 6.92 Å². The van der Waals surface area contributed by atoms with E-state index in [2.05, 4.69) is 21.2 Å². The third kappa shape index (κ3) is 3.42. The van der Waals surface area contributed by atoms with Crippen molar-refractivity contribution < 1.29 is 14.4 Å². The van der Waals surface area contributed by atoms with Crippen LogP contribution in [-0.2, 0) is 4.79 Å². The number of aryl methyl sites for hydroxylation is 1. The quantitative estimate of drug-likeness (QED) is 0.722. The molecule has 2 aromatic rings. The minimum atomic E-state index is -0.568. The lowest BCUT2D eigenvalue weighted by Crippen LogP contribution is -2.37. The topological polar surface area (TPSA) is 66.5 Å². The fourth-order valence-corrected chi connectivity index (χ4v) is 3.33. The zero-order valence-corrected chi connectivity index (χ0v) is 16.0. The van der Waals surface area contributed by atoms with E-state index in [4.69, 9.17) is 23.2 Å². The van der Waals surface area contributed by atoms with Gasteiger partial charge in [0.25, 0.3) is 11.8 Å². The fraction of sp³-hybridized carbons (Fsp3) is 0.118. The molecule has 1 aliphatic rings. The second kappa shape index (κ2) is 6.78. The molecule has 1 aliphatic heterocycles. The van der Waals surface area contributed by atoms with Gasteiger partial charge in [-0.3, -0.25) is 19.3 Å². The number of nitrogens with zero attached hydrogens (tertiary/aromatic N) is 1. The van der Waals surface area contributed by atoms with Gasteiger partial charge in [-0.2, -0.15) is 0 Å². The van der Waals surface area contributed by atoms with Crippen molar-refractivity contribution in [1.82, 2.24) is 4.90 Å². The third-order valence-corrected chi connectivity index (χ3v) is 4.99. The molecule has 0 spiro atoms. The van der Waals surface area contributed by atoms with Crippen LogP contribution in [0.5, 0.6) is 0 Å². The monoisotopic (exact) mass is 440 g/mol. The van der Waals surface area contributed by atoms with Crippen LogP contribution in [-0.4, -0.2) is 29.2 Å². The lowest BCUT2D eigenvalue weighted by Gasteiger charge is -2.14. The predicted octanol–water partition coefficient (Wildman–Crippen LogP) is 4.30. The van der Waals surface area contributed by atoms with E-state index >= 15 is 0 Å². The number of halogens is 3. The molecule has 1 heterocycles. The summed E-state index contributed by atoms with van der Waals surface area (Å²) in [5, 5.41) is 3.06. The second-order valence-corrected chi connectivity index (χ2v) is 7.25. The van der Waals surface area contributed by atoms with Gasteiger partial charge in [-0.1, -0.05) is 39.1 Å². The number of amides is 3. The molecule has 3 amide bonds. The van der Waals surface area contributed by atoms with Crippen molar-refractivity contribution in [3.05, 3.63) is 61.5 Å². The van der Waals surface area contributed by atoms with Gasteiger partial charge in [0.2, 0.25) is 5.91 Å². The first-order chi connectivity index (χ1) is 11.8. The van der Waals surface area contributed by atoms with Crippen LogP contribution in [0.25, 0.3) is 0 Å². The van der Waals surface area contributed by atoms with E-state index in [-0.39, 0.29) is 21.2 Å². The summed E-state index contributed by atoms with van der Waals surface area (Å²) in [5.74, 6) is -1.61. The predicted molar refractivity (Wildman–Crippen MR) is 99.3 cm³/mol. The van der Waals surface area contributed by atoms with Crippen LogP contribution in [0.3, 0.4) is 0 Å². The Kier molecular flexibility index (Phi) is 4.86. The average molecular weight is 442 g/mol. The Morgan fingerprint density at radius 2 is 1.64 bits per heavy atom. The van der Waals surface area contributed by atoms with Crippen LogP contribution in [0.2, 0.25) is 10.0 Å². The Morgan fingerprint density at radius 3 is 2.16 bits per heavy atom. The lowest BCUT2D eigenvalue weighted by molar-refractivity contribution is -0.116. The molecular formula is C17H11BrCl2N2O3. The summed E-state index contributed by atoms with van der Waals surface area (Å²) < 4.78 is 0.886. The van der Waals surface area contributed by atoms with Gasteiger partial charge in [0, 0.05) is 10.2 Å². The molecule has 0 unspecified atom stereocenters. The van der Waals surface area contributed by atoms with Gasteiger partial charge in [-0.25, -0.2) is 0 Å². The van der Waals surface area contributed by atoms with E-state index in [9.17, 15) is 14.4 Å². The van der Waals surface area contributed by atoms with E-state index in [1.165, 1.54) is 12.1 Å². The molecule has 0 saturated carbocycles. The largest absolute Gasteiger partial charge is 0.324 e. The standard InChI is InChI=1S/C17H11BrCl2N2O3/c1-8-4-9(18)2-3-14(8)21-15(23)7-22-16(24)10-5-12(19)13(20)6-11(10)17(22)25/h2-6H,7H2,1H3,(H,21,23). The molecule has 3 rings (SSSR count). The summed E-state index contributed by atoms with van der Waals surface area (Å²) in [6.07, 6.45) is 0. The van der Waals surface area contributed by atoms with Gasteiger partial charge in [-0.05, 0) is 42.8 Å². The van der Waals surface area contributed by atoms with Crippen molar-refractivity contribution in [2.75, 3.05) is 11.9 Å². The first-order valence-electron chi connectivity index (χ1n) is 7.19. The van der Waals surface area contributed by atoms with Crippen LogP contribution >= 0.6 is 39.1 Å². The molecule has 0 aromatic heterocycles. The Balaban J connectivity index is 1.78. The van der Waals surface area contributed by atoms with Crippen molar-refractivity contribution in [3.63, 3.8) is 0 Å². The fourth-order valence-electron chi connectivity index (χ4n) is 2.53. The van der Waals surface area contributed by atoms with Gasteiger partial charge in [0.15, 0.2) is 0 Å². The van der Waals surface area contributed by atoms with Crippen LogP contribution in [0.4, 0.5) is 5.69 Å². The number of anilines is 1. The highest BCUT2D eigenvalue weighted by Crippen LogP contribution is 2.31. The number of imide groups is 1. The number of rotatable bonds is 3. The van der Waals surface area contributed by atoms with Crippen LogP contribution in [0.15, 0.2) is 34.8 Å². The Bertz CT molecular complexity index is 889. The minimum Gasteiger partial charge on any atom is -0.324 e. The molecule has 8 heteroatoms. The number of carbonyl (C=O) groups is 3. The smallest absolute Gasteiger partial charge is 0.262 e. The van der Waals surface area contributed by atoms with Crippen LogP contribution < -0.4 is 5.32 Å². The van der Waals surface area contributed by atoms with Crippen molar-refractivity contribution >= 4 is 62.5 Å². The highest BCUT2D eigenvalue weighted by atomic mass is 79.9. The van der Waals surface area contributed by atoms with Gasteiger partial charge in [-0.15, -0.1) is 0 Å². The summed E-state index contributed by atoms with van der Waals surface area (Å²) in [6.45, 7) is 1.45. The van der Waals surface area contributed by atoms with Crippen molar-refractivity contribution in [3.8, 4) is 0 Å². The molecule has 0 atom stereocenters. The van der Waals surface area contributed by atoms with E-state index in [1.807, 2.05) is 13.0 Å². The molecule has 0 fully saturated rings. The summed E-state index contributed by atoms with van der Waals surface area (Å²) in [5.41, 5.74) is 1.75. The van der Waals surface area contributed by atoms with E-state index in [0.29, 0.717) is 5.69 Å². The van der Waals surface area contributed by atoms with Gasteiger partial charge < -0.3 is 5.32 Å². The molecule has 0 radical (unpaired) electrons. The van der Waals surface area contributed by atoms with E-state index in [1.54, 1.807) is 12.1 Å². The number of benzene rings is 2. The Morgan fingerprint density at radius 1 is 1.08 bits per heavy atom. The van der Waals surface area contributed by atoms with Crippen molar-refractivity contribution in [1.29, 1.82) is 0 Å². The SMILES string of the molecule is Cc1cc(Br)ccc1NC(=O)CN1C(=O)c2cc(Cl)c(Cl)cc2C1=O. The zero-order valence-electron chi connectivity index (χ0n) is 12.9. The summed E-state index contributed by atoms with van der Waals surface area (Å²) in [7, 11) is 0. The number of hydrogen-bond donors (Lipinski definition) is 1. The Labute approximate surface area is 162 Å². The van der Waals surface area contributed by atoms with E-state index in [0.717, 1.165) is 14.9 Å². The molecule has 2 aromatic carbocycles.